The lowest BCUT2D eigenvalue weighted by Crippen LogP contribution is -2.52. The molecule has 2 aromatic rings. The van der Waals surface area contributed by atoms with Crippen LogP contribution in [-0.2, 0) is 17.9 Å². The SMILES string of the molecule is CCNC(=NCc1cccc(CN2CCCC2=O)c1)N1CCN(c2ccccc2OC)CC1.I. The maximum absolute atomic E-state index is 12.0. The number of piperazine rings is 1. The second-order valence-electron chi connectivity index (χ2n) is 8.55. The lowest BCUT2D eigenvalue weighted by atomic mass is 10.1. The van der Waals surface area contributed by atoms with Gasteiger partial charge in [-0.15, -0.1) is 24.0 Å². The molecule has 2 aliphatic heterocycles. The van der Waals surface area contributed by atoms with Gasteiger partial charge in [0, 0.05) is 52.2 Å². The number of hydrogen-bond donors (Lipinski definition) is 1. The maximum atomic E-state index is 12.0. The number of methoxy groups -OCH3 is 1. The summed E-state index contributed by atoms with van der Waals surface area (Å²) in [7, 11) is 1.73. The predicted octanol–water partition coefficient (Wildman–Crippen LogP) is 3.72. The van der Waals surface area contributed by atoms with Gasteiger partial charge in [-0.3, -0.25) is 4.79 Å². The molecule has 0 aromatic heterocycles. The number of ether oxygens (including phenoxy) is 1. The highest BCUT2D eigenvalue weighted by Crippen LogP contribution is 2.28. The van der Waals surface area contributed by atoms with Crippen LogP contribution in [0.1, 0.15) is 30.9 Å². The summed E-state index contributed by atoms with van der Waals surface area (Å²) in [4.78, 5) is 23.6. The van der Waals surface area contributed by atoms with Gasteiger partial charge in [-0.05, 0) is 36.6 Å². The fraction of sp³-hybridized carbons (Fsp3) is 0.462. The molecule has 0 radical (unpaired) electrons. The topological polar surface area (TPSA) is 60.4 Å². The summed E-state index contributed by atoms with van der Waals surface area (Å²) < 4.78 is 5.54. The number of halogens is 1. The van der Waals surface area contributed by atoms with E-state index in [0.29, 0.717) is 19.5 Å². The van der Waals surface area contributed by atoms with Gasteiger partial charge in [0.1, 0.15) is 5.75 Å². The van der Waals surface area contributed by atoms with E-state index in [1.54, 1.807) is 7.11 Å². The van der Waals surface area contributed by atoms with Crippen LogP contribution in [0.15, 0.2) is 53.5 Å². The van der Waals surface area contributed by atoms with Crippen LogP contribution in [0.4, 0.5) is 5.69 Å². The Kier molecular flexibility index (Phi) is 9.86. The largest absolute Gasteiger partial charge is 0.495 e. The van der Waals surface area contributed by atoms with Crippen LogP contribution in [0.3, 0.4) is 0 Å². The van der Waals surface area contributed by atoms with Crippen molar-refractivity contribution in [3.05, 3.63) is 59.7 Å². The number of rotatable bonds is 7. The third-order valence-corrected chi connectivity index (χ3v) is 6.29. The Morgan fingerprint density at radius 2 is 1.79 bits per heavy atom. The summed E-state index contributed by atoms with van der Waals surface area (Å²) >= 11 is 0. The molecule has 2 aliphatic rings. The number of carbonyl (C=O) groups excluding carboxylic acids is 1. The molecule has 8 heteroatoms. The molecule has 1 amide bonds. The normalized spacial score (nSPS) is 16.5. The van der Waals surface area contributed by atoms with Crippen molar-refractivity contribution in [3.63, 3.8) is 0 Å². The summed E-state index contributed by atoms with van der Waals surface area (Å²) in [6.45, 7) is 8.78. The first-order chi connectivity index (χ1) is 16.2. The third-order valence-electron chi connectivity index (χ3n) is 6.29. The summed E-state index contributed by atoms with van der Waals surface area (Å²) in [6.07, 6.45) is 1.65. The average molecular weight is 578 g/mol. The standard InChI is InChI=1S/C26H35N5O2.HI/c1-3-27-26(30-16-14-29(15-17-30)23-10-4-5-11-24(23)33-2)28-19-21-8-6-9-22(18-21)20-31-13-7-12-25(31)32;/h4-6,8-11,18H,3,7,12-17,19-20H2,1-2H3,(H,27,28);1H. The number of likely N-dealkylation sites (tertiary alicyclic amines) is 1. The van der Waals surface area contributed by atoms with Crippen LogP contribution in [0, 0.1) is 0 Å². The van der Waals surface area contributed by atoms with Crippen molar-refractivity contribution in [1.82, 2.24) is 15.1 Å². The van der Waals surface area contributed by atoms with Gasteiger partial charge in [-0.25, -0.2) is 4.99 Å². The van der Waals surface area contributed by atoms with E-state index in [2.05, 4.69) is 58.4 Å². The minimum absolute atomic E-state index is 0. The molecule has 2 saturated heterocycles. The number of carbonyl (C=O) groups is 1. The molecule has 34 heavy (non-hydrogen) atoms. The molecule has 0 unspecified atom stereocenters. The molecule has 2 fully saturated rings. The van der Waals surface area contributed by atoms with Gasteiger partial charge in [0.05, 0.1) is 19.3 Å². The van der Waals surface area contributed by atoms with Crippen molar-refractivity contribution in [2.75, 3.05) is 51.3 Å². The molecular weight excluding hydrogens is 541 g/mol. The third kappa shape index (κ3) is 6.55. The lowest BCUT2D eigenvalue weighted by Gasteiger charge is -2.38. The van der Waals surface area contributed by atoms with E-state index >= 15 is 0 Å². The number of para-hydroxylation sites is 2. The van der Waals surface area contributed by atoms with Crippen molar-refractivity contribution < 1.29 is 9.53 Å². The number of nitrogens with zero attached hydrogens (tertiary/aromatic N) is 4. The van der Waals surface area contributed by atoms with E-state index in [-0.39, 0.29) is 29.9 Å². The lowest BCUT2D eigenvalue weighted by molar-refractivity contribution is -0.128. The summed E-state index contributed by atoms with van der Waals surface area (Å²) in [5.41, 5.74) is 3.49. The second kappa shape index (κ2) is 12.8. The number of nitrogens with one attached hydrogen (secondary N) is 1. The Balaban J connectivity index is 0.00000324. The van der Waals surface area contributed by atoms with E-state index in [1.165, 1.54) is 11.1 Å². The highest BCUT2D eigenvalue weighted by Gasteiger charge is 2.22. The number of benzene rings is 2. The second-order valence-corrected chi connectivity index (χ2v) is 8.55. The zero-order valence-electron chi connectivity index (χ0n) is 20.2. The van der Waals surface area contributed by atoms with Crippen LogP contribution in [0.2, 0.25) is 0 Å². The fourth-order valence-electron chi connectivity index (χ4n) is 4.56. The minimum atomic E-state index is 0. The molecular formula is C26H36IN5O2. The predicted molar refractivity (Wildman–Crippen MR) is 148 cm³/mol. The van der Waals surface area contributed by atoms with Crippen LogP contribution in [0.5, 0.6) is 5.75 Å². The van der Waals surface area contributed by atoms with Gasteiger partial charge in [0.2, 0.25) is 5.91 Å². The highest BCUT2D eigenvalue weighted by molar-refractivity contribution is 14.0. The Hall–Kier alpha value is -2.49. The fourth-order valence-corrected chi connectivity index (χ4v) is 4.56. The Morgan fingerprint density at radius 1 is 1.03 bits per heavy atom. The molecule has 7 nitrogen and oxygen atoms in total. The van der Waals surface area contributed by atoms with E-state index in [0.717, 1.165) is 63.1 Å². The Morgan fingerprint density at radius 3 is 2.50 bits per heavy atom. The molecule has 0 aliphatic carbocycles. The zero-order valence-corrected chi connectivity index (χ0v) is 22.5. The van der Waals surface area contributed by atoms with E-state index < -0.39 is 0 Å². The number of guanidine groups is 1. The van der Waals surface area contributed by atoms with Crippen LogP contribution >= 0.6 is 24.0 Å². The summed E-state index contributed by atoms with van der Waals surface area (Å²) in [5, 5.41) is 3.46. The molecule has 184 valence electrons. The van der Waals surface area contributed by atoms with Crippen molar-refractivity contribution in [3.8, 4) is 5.75 Å². The van der Waals surface area contributed by atoms with Crippen molar-refractivity contribution in [2.24, 2.45) is 4.99 Å². The van der Waals surface area contributed by atoms with Crippen molar-refractivity contribution >= 4 is 41.5 Å². The quantitative estimate of drug-likeness (QED) is 0.309. The van der Waals surface area contributed by atoms with Crippen molar-refractivity contribution in [1.29, 1.82) is 0 Å². The molecule has 0 bridgehead atoms. The molecule has 1 N–H and O–H groups in total. The molecule has 2 aromatic carbocycles. The average Bonchev–Trinajstić information content (AvgIpc) is 3.26. The van der Waals surface area contributed by atoms with E-state index in [9.17, 15) is 4.79 Å². The smallest absolute Gasteiger partial charge is 0.222 e. The summed E-state index contributed by atoms with van der Waals surface area (Å²) in [5.74, 6) is 2.14. The molecule has 2 heterocycles. The van der Waals surface area contributed by atoms with Gasteiger partial charge in [0.15, 0.2) is 5.96 Å². The van der Waals surface area contributed by atoms with Gasteiger partial charge in [-0.1, -0.05) is 36.4 Å². The van der Waals surface area contributed by atoms with Crippen LogP contribution in [-0.4, -0.2) is 68.0 Å². The number of anilines is 1. The number of hydrogen-bond acceptors (Lipinski definition) is 4. The van der Waals surface area contributed by atoms with Gasteiger partial charge >= 0.3 is 0 Å². The summed E-state index contributed by atoms with van der Waals surface area (Å²) in [6, 6.07) is 16.7. The highest BCUT2D eigenvalue weighted by atomic mass is 127. The molecule has 0 spiro atoms. The Labute approximate surface area is 220 Å². The molecule has 0 saturated carbocycles. The first-order valence-corrected chi connectivity index (χ1v) is 11.9. The van der Waals surface area contributed by atoms with E-state index in [4.69, 9.17) is 9.73 Å². The molecule has 0 atom stereocenters. The monoisotopic (exact) mass is 577 g/mol. The first kappa shape index (κ1) is 26.1. The van der Waals surface area contributed by atoms with E-state index in [1.807, 2.05) is 17.0 Å². The van der Waals surface area contributed by atoms with Gasteiger partial charge in [0.25, 0.3) is 0 Å². The van der Waals surface area contributed by atoms with Gasteiger partial charge in [-0.2, -0.15) is 0 Å². The molecule has 4 rings (SSSR count). The number of aliphatic imine (C=N–C) groups is 1. The zero-order chi connectivity index (χ0) is 23.0. The minimum Gasteiger partial charge on any atom is -0.495 e. The maximum Gasteiger partial charge on any atom is 0.222 e. The Bertz CT molecular complexity index is 975. The van der Waals surface area contributed by atoms with Crippen molar-refractivity contribution in [2.45, 2.75) is 32.9 Å². The van der Waals surface area contributed by atoms with Crippen LogP contribution < -0.4 is 15.0 Å². The number of amides is 1. The first-order valence-electron chi connectivity index (χ1n) is 11.9. The van der Waals surface area contributed by atoms with Crippen LogP contribution in [0.25, 0.3) is 0 Å². The van der Waals surface area contributed by atoms with Gasteiger partial charge < -0.3 is 24.8 Å².